The van der Waals surface area contributed by atoms with E-state index in [1.54, 1.807) is 7.05 Å². The molecule has 0 aliphatic heterocycles. The topological polar surface area (TPSA) is 41.5 Å². The molecule has 0 aromatic heterocycles. The molecule has 0 aliphatic rings. The van der Waals surface area contributed by atoms with Gasteiger partial charge in [-0.05, 0) is 30.3 Å². The van der Waals surface area contributed by atoms with Crippen molar-refractivity contribution in [1.82, 2.24) is 5.32 Å². The minimum absolute atomic E-state index is 0.214. The predicted octanol–water partition coefficient (Wildman–Crippen LogP) is 2.97. The molecular formula is C16H18ClNO2. The number of hydrogen-bond donors (Lipinski definition) is 2. The van der Waals surface area contributed by atoms with Crippen LogP contribution in [0.5, 0.6) is 5.75 Å². The van der Waals surface area contributed by atoms with Gasteiger partial charge in [0.25, 0.3) is 0 Å². The second-order valence-corrected chi connectivity index (χ2v) is 4.94. The van der Waals surface area contributed by atoms with E-state index in [-0.39, 0.29) is 6.61 Å². The van der Waals surface area contributed by atoms with E-state index in [1.807, 2.05) is 48.5 Å². The Labute approximate surface area is 124 Å². The van der Waals surface area contributed by atoms with Gasteiger partial charge in [0.05, 0.1) is 5.02 Å². The van der Waals surface area contributed by atoms with E-state index in [1.165, 1.54) is 0 Å². The second kappa shape index (κ2) is 7.29. The van der Waals surface area contributed by atoms with Crippen LogP contribution in [0.15, 0.2) is 48.5 Å². The Kier molecular flexibility index (Phi) is 5.41. The minimum atomic E-state index is -0.551. The number of benzene rings is 2. The van der Waals surface area contributed by atoms with Crippen LogP contribution in [0.25, 0.3) is 11.1 Å². The largest absolute Gasteiger partial charge is 0.489 e. The first-order valence-electron chi connectivity index (χ1n) is 6.51. The lowest BCUT2D eigenvalue weighted by atomic mass is 10.1. The van der Waals surface area contributed by atoms with Crippen molar-refractivity contribution in [2.24, 2.45) is 0 Å². The van der Waals surface area contributed by atoms with Crippen molar-refractivity contribution < 1.29 is 9.84 Å². The van der Waals surface area contributed by atoms with Crippen LogP contribution in [0.2, 0.25) is 5.02 Å². The van der Waals surface area contributed by atoms with E-state index in [4.69, 9.17) is 16.3 Å². The molecule has 0 radical (unpaired) electrons. The minimum Gasteiger partial charge on any atom is -0.489 e. The van der Waals surface area contributed by atoms with Gasteiger partial charge in [-0.2, -0.15) is 0 Å². The molecule has 0 amide bonds. The number of aliphatic hydroxyl groups is 1. The number of halogens is 1. The molecule has 2 N–H and O–H groups in total. The summed E-state index contributed by atoms with van der Waals surface area (Å²) in [6, 6.07) is 15.7. The van der Waals surface area contributed by atoms with Crippen LogP contribution in [-0.4, -0.2) is 31.4 Å². The Balaban J connectivity index is 2.07. The number of likely N-dealkylation sites (N-methyl/N-ethyl adjacent to an activating group) is 1. The van der Waals surface area contributed by atoms with Crippen LogP contribution in [0.4, 0.5) is 0 Å². The molecular weight excluding hydrogens is 274 g/mol. The molecule has 2 aromatic rings. The molecule has 0 spiro atoms. The summed E-state index contributed by atoms with van der Waals surface area (Å²) >= 11 is 6.22. The number of hydrogen-bond acceptors (Lipinski definition) is 3. The molecule has 1 unspecified atom stereocenters. The lowest BCUT2D eigenvalue weighted by Gasteiger charge is -2.13. The number of rotatable bonds is 6. The molecule has 0 aliphatic carbocycles. The third-order valence-corrected chi connectivity index (χ3v) is 3.21. The highest BCUT2D eigenvalue weighted by atomic mass is 35.5. The van der Waals surface area contributed by atoms with Crippen molar-refractivity contribution in [3.8, 4) is 16.9 Å². The van der Waals surface area contributed by atoms with Crippen molar-refractivity contribution >= 4 is 11.6 Å². The maximum Gasteiger partial charge on any atom is 0.138 e. The van der Waals surface area contributed by atoms with Crippen LogP contribution in [-0.2, 0) is 0 Å². The average Bonchev–Trinajstić information content (AvgIpc) is 2.47. The summed E-state index contributed by atoms with van der Waals surface area (Å²) in [6.07, 6.45) is -0.551. The fourth-order valence-electron chi connectivity index (χ4n) is 1.91. The van der Waals surface area contributed by atoms with Crippen molar-refractivity contribution in [2.75, 3.05) is 20.2 Å². The molecule has 0 saturated heterocycles. The van der Waals surface area contributed by atoms with E-state index in [2.05, 4.69) is 5.32 Å². The summed E-state index contributed by atoms with van der Waals surface area (Å²) in [7, 11) is 1.78. The van der Waals surface area contributed by atoms with Gasteiger partial charge in [-0.3, -0.25) is 0 Å². The Hall–Kier alpha value is -1.55. The Morgan fingerprint density at radius 1 is 1.15 bits per heavy atom. The van der Waals surface area contributed by atoms with E-state index >= 15 is 0 Å². The smallest absolute Gasteiger partial charge is 0.138 e. The molecule has 0 fully saturated rings. The van der Waals surface area contributed by atoms with Crippen molar-refractivity contribution in [2.45, 2.75) is 6.10 Å². The van der Waals surface area contributed by atoms with E-state index in [0.717, 1.165) is 11.1 Å². The molecule has 2 aromatic carbocycles. The van der Waals surface area contributed by atoms with E-state index < -0.39 is 6.10 Å². The maximum absolute atomic E-state index is 9.60. The zero-order valence-corrected chi connectivity index (χ0v) is 12.1. The van der Waals surface area contributed by atoms with Crippen LogP contribution >= 0.6 is 11.6 Å². The summed E-state index contributed by atoms with van der Waals surface area (Å²) in [6.45, 7) is 0.699. The van der Waals surface area contributed by atoms with Gasteiger partial charge in [0, 0.05) is 6.54 Å². The molecule has 106 valence electrons. The van der Waals surface area contributed by atoms with Crippen LogP contribution in [0, 0.1) is 0 Å². The monoisotopic (exact) mass is 291 g/mol. The third-order valence-electron chi connectivity index (χ3n) is 2.91. The Bertz CT molecular complexity index is 545. The summed E-state index contributed by atoms with van der Waals surface area (Å²) in [5.41, 5.74) is 2.15. The van der Waals surface area contributed by atoms with Crippen LogP contribution in [0.1, 0.15) is 0 Å². The lowest BCUT2D eigenvalue weighted by molar-refractivity contribution is 0.108. The van der Waals surface area contributed by atoms with Crippen molar-refractivity contribution in [1.29, 1.82) is 0 Å². The van der Waals surface area contributed by atoms with Crippen LogP contribution in [0.3, 0.4) is 0 Å². The highest BCUT2D eigenvalue weighted by Crippen LogP contribution is 2.30. The van der Waals surface area contributed by atoms with Gasteiger partial charge < -0.3 is 15.2 Å². The molecule has 0 bridgehead atoms. The van der Waals surface area contributed by atoms with Gasteiger partial charge in [-0.1, -0.05) is 48.0 Å². The number of ether oxygens (including phenoxy) is 1. The van der Waals surface area contributed by atoms with Gasteiger partial charge in [0.2, 0.25) is 0 Å². The second-order valence-electron chi connectivity index (χ2n) is 4.53. The first-order chi connectivity index (χ1) is 9.70. The SMILES string of the molecule is CNCC(O)COc1ccc(-c2ccccc2)cc1Cl. The van der Waals surface area contributed by atoms with Gasteiger partial charge >= 0.3 is 0 Å². The van der Waals surface area contributed by atoms with Gasteiger partial charge in [-0.15, -0.1) is 0 Å². The highest BCUT2D eigenvalue weighted by Gasteiger charge is 2.08. The van der Waals surface area contributed by atoms with Gasteiger partial charge in [0.15, 0.2) is 0 Å². The fraction of sp³-hybridized carbons (Fsp3) is 0.250. The molecule has 1 atom stereocenters. The highest BCUT2D eigenvalue weighted by molar-refractivity contribution is 6.32. The Morgan fingerprint density at radius 2 is 1.90 bits per heavy atom. The van der Waals surface area contributed by atoms with Crippen molar-refractivity contribution in [3.63, 3.8) is 0 Å². The maximum atomic E-state index is 9.60. The Morgan fingerprint density at radius 3 is 2.55 bits per heavy atom. The molecule has 0 heterocycles. The van der Waals surface area contributed by atoms with E-state index in [9.17, 15) is 5.11 Å². The lowest BCUT2D eigenvalue weighted by Crippen LogP contribution is -2.29. The zero-order valence-electron chi connectivity index (χ0n) is 11.3. The quantitative estimate of drug-likeness (QED) is 0.860. The fourth-order valence-corrected chi connectivity index (χ4v) is 2.14. The molecule has 2 rings (SSSR count). The summed E-state index contributed by atoms with van der Waals surface area (Å²) in [5, 5.41) is 13.0. The predicted molar refractivity (Wildman–Crippen MR) is 82.3 cm³/mol. The van der Waals surface area contributed by atoms with E-state index in [0.29, 0.717) is 17.3 Å². The zero-order chi connectivity index (χ0) is 14.4. The first-order valence-corrected chi connectivity index (χ1v) is 6.89. The standard InChI is InChI=1S/C16H18ClNO2/c1-18-10-14(19)11-20-16-8-7-13(9-15(16)17)12-5-3-2-4-6-12/h2-9,14,18-19H,10-11H2,1H3. The molecule has 3 nitrogen and oxygen atoms in total. The summed E-state index contributed by atoms with van der Waals surface area (Å²) in [5.74, 6) is 0.585. The number of aliphatic hydroxyl groups excluding tert-OH is 1. The number of nitrogens with one attached hydrogen (secondary N) is 1. The third kappa shape index (κ3) is 3.97. The van der Waals surface area contributed by atoms with Crippen molar-refractivity contribution in [3.05, 3.63) is 53.6 Å². The van der Waals surface area contributed by atoms with Crippen LogP contribution < -0.4 is 10.1 Å². The normalized spacial score (nSPS) is 12.2. The van der Waals surface area contributed by atoms with Gasteiger partial charge in [0.1, 0.15) is 18.5 Å². The van der Waals surface area contributed by atoms with Gasteiger partial charge in [-0.25, -0.2) is 0 Å². The molecule has 4 heteroatoms. The first kappa shape index (κ1) is 14.9. The summed E-state index contributed by atoms with van der Waals surface area (Å²) < 4.78 is 5.52. The molecule has 20 heavy (non-hydrogen) atoms. The summed E-state index contributed by atoms with van der Waals surface area (Å²) in [4.78, 5) is 0. The average molecular weight is 292 g/mol. The molecule has 0 saturated carbocycles.